The van der Waals surface area contributed by atoms with Crippen LogP contribution in [0.25, 0.3) is 0 Å². The first kappa shape index (κ1) is 37.2. The Kier molecular flexibility index (Phi) is 23.5. The molecule has 0 aromatic carbocycles. The van der Waals surface area contributed by atoms with E-state index < -0.39 is 49.3 Å². The number of hydrogen-bond acceptors (Lipinski definition) is 8. The third-order valence-corrected chi connectivity index (χ3v) is 7.26. The van der Waals surface area contributed by atoms with Crippen molar-refractivity contribution < 1.29 is 40.5 Å². The van der Waals surface area contributed by atoms with Gasteiger partial charge >= 0.3 is 0 Å². The number of aliphatic hydroxyl groups is 7. The molecule has 0 aliphatic carbocycles. The van der Waals surface area contributed by atoms with Crippen molar-refractivity contribution in [3.63, 3.8) is 0 Å². The number of unbranched alkanes of at least 4 members (excludes halogenated alkanes) is 12. The summed E-state index contributed by atoms with van der Waals surface area (Å²) < 4.78 is 0. The molecule has 6 atom stereocenters. The summed E-state index contributed by atoms with van der Waals surface area (Å²) in [7, 11) is 0. The summed E-state index contributed by atoms with van der Waals surface area (Å²) in [5, 5.41) is 69.1. The fourth-order valence-electron chi connectivity index (χ4n) is 4.72. The maximum Gasteiger partial charge on any atom is 0.224 e. The molecule has 9 heteroatoms. The molecule has 228 valence electrons. The highest BCUT2D eigenvalue weighted by Crippen LogP contribution is 2.17. The van der Waals surface area contributed by atoms with Crippen LogP contribution >= 0.6 is 0 Å². The van der Waals surface area contributed by atoms with E-state index in [2.05, 4.69) is 6.92 Å². The van der Waals surface area contributed by atoms with Gasteiger partial charge in [0, 0.05) is 13.0 Å². The van der Waals surface area contributed by atoms with E-state index in [4.69, 9.17) is 5.11 Å². The number of nitrogens with zero attached hydrogens (tertiary/aromatic N) is 1. The molecule has 0 fully saturated rings. The van der Waals surface area contributed by atoms with Crippen LogP contribution in [0, 0.1) is 0 Å². The predicted molar refractivity (Wildman–Crippen MR) is 149 cm³/mol. The predicted octanol–water partition coefficient (Wildman–Crippen LogP) is 2.99. The van der Waals surface area contributed by atoms with Gasteiger partial charge in [-0.1, -0.05) is 97.3 Å². The van der Waals surface area contributed by atoms with Gasteiger partial charge in [-0.3, -0.25) is 4.79 Å². The van der Waals surface area contributed by atoms with E-state index in [0.29, 0.717) is 25.7 Å². The first-order valence-corrected chi connectivity index (χ1v) is 15.2. The summed E-state index contributed by atoms with van der Waals surface area (Å²) in [6.45, 7) is 3.33. The molecule has 0 bridgehead atoms. The Hall–Kier alpha value is -0.810. The molecule has 2 unspecified atom stereocenters. The quantitative estimate of drug-likeness (QED) is 0.0640. The number of aliphatic hydroxyl groups excluding tert-OH is 7. The maximum atomic E-state index is 12.7. The zero-order valence-electron chi connectivity index (χ0n) is 24.1. The molecule has 0 aliphatic heterocycles. The van der Waals surface area contributed by atoms with Crippen LogP contribution in [0.15, 0.2) is 0 Å². The van der Waals surface area contributed by atoms with Gasteiger partial charge in [-0.15, -0.1) is 0 Å². The Labute approximate surface area is 230 Å². The number of amides is 1. The SMILES string of the molecule is CCCCCCCCCCCCCCCC(O)CCCC(=O)N(CCC)C(O)[C@H](O)[C@@H](O)[C@H](O)[C@H](O)CO. The van der Waals surface area contributed by atoms with Gasteiger partial charge in [-0.05, 0) is 25.7 Å². The Bertz CT molecular complexity index is 553. The summed E-state index contributed by atoms with van der Waals surface area (Å²) in [6, 6.07) is 0. The highest BCUT2D eigenvalue weighted by atomic mass is 16.4. The Morgan fingerprint density at radius 3 is 1.55 bits per heavy atom. The first-order valence-electron chi connectivity index (χ1n) is 15.2. The molecule has 38 heavy (non-hydrogen) atoms. The number of carbonyl (C=O) groups is 1. The van der Waals surface area contributed by atoms with Crippen LogP contribution in [0.4, 0.5) is 0 Å². The lowest BCUT2D eigenvalue weighted by atomic mass is 10.0. The third kappa shape index (κ3) is 17.0. The van der Waals surface area contributed by atoms with Crippen molar-refractivity contribution in [3.05, 3.63) is 0 Å². The second-order valence-electron chi connectivity index (χ2n) is 10.8. The molecular weight excluding hydrogens is 490 g/mol. The van der Waals surface area contributed by atoms with E-state index in [0.717, 1.165) is 17.7 Å². The summed E-state index contributed by atoms with van der Waals surface area (Å²) in [4.78, 5) is 13.7. The number of carbonyl (C=O) groups excluding carboxylic acids is 1. The summed E-state index contributed by atoms with van der Waals surface area (Å²) in [5.74, 6) is -0.434. The molecule has 0 spiro atoms. The molecule has 0 radical (unpaired) electrons. The van der Waals surface area contributed by atoms with E-state index in [1.54, 1.807) is 6.92 Å². The van der Waals surface area contributed by atoms with Crippen molar-refractivity contribution in [1.29, 1.82) is 0 Å². The molecular formula is C29H59NO8. The Morgan fingerprint density at radius 2 is 1.08 bits per heavy atom. The first-order chi connectivity index (χ1) is 18.2. The Balaban J connectivity index is 4.09. The molecule has 0 saturated heterocycles. The molecule has 1 amide bonds. The van der Waals surface area contributed by atoms with Crippen molar-refractivity contribution in [3.8, 4) is 0 Å². The topological polar surface area (TPSA) is 162 Å². The highest BCUT2D eigenvalue weighted by Gasteiger charge is 2.37. The smallest absolute Gasteiger partial charge is 0.224 e. The van der Waals surface area contributed by atoms with Crippen LogP contribution in [0.1, 0.15) is 129 Å². The summed E-state index contributed by atoms with van der Waals surface area (Å²) >= 11 is 0. The van der Waals surface area contributed by atoms with Crippen LogP contribution in [0.2, 0.25) is 0 Å². The monoisotopic (exact) mass is 549 g/mol. The van der Waals surface area contributed by atoms with E-state index in [1.165, 1.54) is 70.6 Å². The average Bonchev–Trinajstić information content (AvgIpc) is 2.91. The van der Waals surface area contributed by atoms with Crippen molar-refractivity contribution in [2.75, 3.05) is 13.2 Å². The second-order valence-corrected chi connectivity index (χ2v) is 10.8. The molecule has 9 nitrogen and oxygen atoms in total. The minimum Gasteiger partial charge on any atom is -0.394 e. The molecule has 0 aromatic heterocycles. The van der Waals surface area contributed by atoms with Gasteiger partial charge in [-0.2, -0.15) is 0 Å². The zero-order chi connectivity index (χ0) is 28.8. The normalized spacial score (nSPS) is 16.6. The molecule has 0 heterocycles. The van der Waals surface area contributed by atoms with Crippen molar-refractivity contribution in [2.24, 2.45) is 0 Å². The lowest BCUT2D eigenvalue weighted by Gasteiger charge is -2.35. The number of rotatable bonds is 26. The zero-order valence-corrected chi connectivity index (χ0v) is 24.1. The maximum absolute atomic E-state index is 12.7. The fourth-order valence-corrected chi connectivity index (χ4v) is 4.72. The van der Waals surface area contributed by atoms with E-state index in [1.807, 2.05) is 0 Å². The highest BCUT2D eigenvalue weighted by molar-refractivity contribution is 5.76. The largest absolute Gasteiger partial charge is 0.394 e. The molecule has 7 N–H and O–H groups in total. The van der Waals surface area contributed by atoms with Crippen LogP contribution in [0.5, 0.6) is 0 Å². The van der Waals surface area contributed by atoms with Gasteiger partial charge in [-0.25, -0.2) is 0 Å². The van der Waals surface area contributed by atoms with E-state index >= 15 is 0 Å². The molecule has 0 rings (SSSR count). The van der Waals surface area contributed by atoms with E-state index in [-0.39, 0.29) is 13.0 Å². The molecule has 0 saturated carbocycles. The fraction of sp³-hybridized carbons (Fsp3) is 0.966. The lowest BCUT2D eigenvalue weighted by molar-refractivity contribution is -0.179. The molecule has 0 aromatic rings. The van der Waals surface area contributed by atoms with Gasteiger partial charge in [0.2, 0.25) is 5.91 Å². The average molecular weight is 550 g/mol. The minimum atomic E-state index is -1.96. The second kappa shape index (κ2) is 24.0. The standard InChI is InChI=1S/C29H59NO8/c1-3-5-6-7-8-9-10-11-12-13-14-15-16-18-23(32)19-17-20-25(34)30(21-4-2)29(38)28(37)27(36)26(35)24(33)22-31/h23-24,26-29,31-33,35-38H,3-22H2,1-2H3/t23?,24-,26-,27+,28-,29?/m1/s1. The Morgan fingerprint density at radius 1 is 0.605 bits per heavy atom. The summed E-state index contributed by atoms with van der Waals surface area (Å²) in [5.41, 5.74) is 0. The summed E-state index contributed by atoms with van der Waals surface area (Å²) in [6.07, 6.45) is 8.96. The van der Waals surface area contributed by atoms with Gasteiger partial charge in [0.25, 0.3) is 0 Å². The van der Waals surface area contributed by atoms with Crippen molar-refractivity contribution >= 4 is 5.91 Å². The van der Waals surface area contributed by atoms with Gasteiger partial charge in [0.15, 0.2) is 6.23 Å². The van der Waals surface area contributed by atoms with Crippen molar-refractivity contribution in [2.45, 2.75) is 166 Å². The van der Waals surface area contributed by atoms with Crippen LogP contribution in [-0.4, -0.2) is 96.5 Å². The lowest BCUT2D eigenvalue weighted by Crippen LogP contribution is -2.56. The third-order valence-electron chi connectivity index (χ3n) is 7.26. The minimum absolute atomic E-state index is 0.0668. The van der Waals surface area contributed by atoms with Crippen LogP contribution in [0.3, 0.4) is 0 Å². The van der Waals surface area contributed by atoms with Gasteiger partial charge in [0.1, 0.15) is 24.4 Å². The van der Waals surface area contributed by atoms with Crippen LogP contribution in [-0.2, 0) is 4.79 Å². The van der Waals surface area contributed by atoms with E-state index in [9.17, 15) is 35.4 Å². The van der Waals surface area contributed by atoms with Gasteiger partial charge in [0.05, 0.1) is 12.7 Å². The van der Waals surface area contributed by atoms with Crippen molar-refractivity contribution in [1.82, 2.24) is 4.90 Å². The molecule has 0 aliphatic rings. The van der Waals surface area contributed by atoms with Crippen LogP contribution < -0.4 is 0 Å². The number of hydrogen-bond donors (Lipinski definition) is 7. The van der Waals surface area contributed by atoms with Gasteiger partial charge < -0.3 is 40.6 Å².